The van der Waals surface area contributed by atoms with E-state index in [2.05, 4.69) is 27.7 Å². The topological polar surface area (TPSA) is 17.8 Å². The summed E-state index contributed by atoms with van der Waals surface area (Å²) >= 11 is 2.09. The number of benzene rings is 1. The Morgan fingerprint density at radius 2 is 2.00 bits per heavy atom. The molecule has 2 nitrogen and oxygen atoms in total. The van der Waals surface area contributed by atoms with Gasteiger partial charge in [-0.15, -0.1) is 0 Å². The van der Waals surface area contributed by atoms with Crippen LogP contribution < -0.4 is 0 Å². The van der Waals surface area contributed by atoms with Crippen LogP contribution in [0.1, 0.15) is 5.69 Å². The van der Waals surface area contributed by atoms with Crippen LogP contribution in [0.3, 0.4) is 0 Å². The third-order valence-electron chi connectivity index (χ3n) is 2.33. The normalized spacial score (nSPS) is 10.8. The van der Waals surface area contributed by atoms with Crippen LogP contribution >= 0.6 is 22.6 Å². The zero-order valence-electron chi connectivity index (χ0n) is 8.76. The highest BCUT2D eigenvalue weighted by atomic mass is 127. The van der Waals surface area contributed by atoms with E-state index in [1.165, 1.54) is 6.07 Å². The molecule has 16 heavy (non-hydrogen) atoms. The Bertz CT molecular complexity index is 549. The molecule has 0 unspecified atom stereocenters. The predicted molar refractivity (Wildman–Crippen MR) is 66.0 cm³/mol. The number of aromatic nitrogens is 2. The van der Waals surface area contributed by atoms with Gasteiger partial charge >= 0.3 is 0 Å². The minimum absolute atomic E-state index is 0.243. The van der Waals surface area contributed by atoms with Gasteiger partial charge in [0.25, 0.3) is 0 Å². The summed E-state index contributed by atoms with van der Waals surface area (Å²) in [7, 11) is 1.72. The van der Waals surface area contributed by atoms with Crippen molar-refractivity contribution < 1.29 is 8.78 Å². The summed E-state index contributed by atoms with van der Waals surface area (Å²) in [5.74, 6) is -0.895. The van der Waals surface area contributed by atoms with Gasteiger partial charge in [0.1, 0.15) is 11.6 Å². The number of hydrogen-bond acceptors (Lipinski definition) is 1. The smallest absolute Gasteiger partial charge is 0.132 e. The van der Waals surface area contributed by atoms with Crippen LogP contribution in [0.4, 0.5) is 8.78 Å². The van der Waals surface area contributed by atoms with Crippen molar-refractivity contribution in [2.75, 3.05) is 0 Å². The molecule has 1 heterocycles. The second-order valence-corrected chi connectivity index (χ2v) is 4.57. The van der Waals surface area contributed by atoms with E-state index in [0.29, 0.717) is 5.69 Å². The minimum atomic E-state index is -0.453. The third-order valence-corrected chi connectivity index (χ3v) is 3.62. The lowest BCUT2D eigenvalue weighted by molar-refractivity contribution is 0.601. The van der Waals surface area contributed by atoms with Crippen LogP contribution in [0.2, 0.25) is 0 Å². The Kier molecular flexibility index (Phi) is 2.96. The van der Waals surface area contributed by atoms with Gasteiger partial charge in [-0.2, -0.15) is 5.10 Å². The largest absolute Gasteiger partial charge is 0.266 e. The standard InChI is InChI=1S/C11H9F2IN2/c1-6-10(14)11(16(2)15-6)8-5-7(12)3-4-9(8)13/h3-5H,1-2H3. The fraction of sp³-hybridized carbons (Fsp3) is 0.182. The summed E-state index contributed by atoms with van der Waals surface area (Å²) < 4.78 is 29.1. The van der Waals surface area contributed by atoms with Gasteiger partial charge in [0.05, 0.1) is 15.0 Å². The molecule has 1 aromatic heterocycles. The SMILES string of the molecule is Cc1nn(C)c(-c2cc(F)ccc2F)c1I. The molecule has 0 aliphatic rings. The van der Waals surface area contributed by atoms with Crippen molar-refractivity contribution in [2.45, 2.75) is 6.92 Å². The van der Waals surface area contributed by atoms with E-state index in [-0.39, 0.29) is 5.56 Å². The zero-order valence-corrected chi connectivity index (χ0v) is 10.9. The second-order valence-electron chi connectivity index (χ2n) is 3.50. The van der Waals surface area contributed by atoms with Crippen molar-refractivity contribution >= 4 is 22.6 Å². The highest BCUT2D eigenvalue weighted by Gasteiger charge is 2.16. The van der Waals surface area contributed by atoms with Crippen LogP contribution in [0.15, 0.2) is 18.2 Å². The lowest BCUT2D eigenvalue weighted by Gasteiger charge is -2.04. The molecule has 0 aliphatic heterocycles. The van der Waals surface area contributed by atoms with Gasteiger partial charge in [0, 0.05) is 12.6 Å². The lowest BCUT2D eigenvalue weighted by atomic mass is 10.1. The first-order chi connectivity index (χ1) is 7.50. The molecule has 0 spiro atoms. The Hall–Kier alpha value is -0.980. The van der Waals surface area contributed by atoms with E-state index >= 15 is 0 Å². The van der Waals surface area contributed by atoms with Crippen LogP contribution in [-0.4, -0.2) is 9.78 Å². The van der Waals surface area contributed by atoms with Gasteiger partial charge in [-0.05, 0) is 47.7 Å². The molecule has 84 valence electrons. The van der Waals surface area contributed by atoms with Gasteiger partial charge in [0.15, 0.2) is 0 Å². The summed E-state index contributed by atoms with van der Waals surface area (Å²) in [6.07, 6.45) is 0. The minimum Gasteiger partial charge on any atom is -0.266 e. The summed E-state index contributed by atoms with van der Waals surface area (Å²) in [6, 6.07) is 3.42. The molecular formula is C11H9F2IN2. The van der Waals surface area contributed by atoms with E-state index in [1.54, 1.807) is 11.7 Å². The summed E-state index contributed by atoms with van der Waals surface area (Å²) in [5.41, 5.74) is 1.66. The zero-order chi connectivity index (χ0) is 11.9. The molecule has 5 heteroatoms. The van der Waals surface area contributed by atoms with E-state index in [1.807, 2.05) is 6.92 Å². The summed E-state index contributed by atoms with van der Waals surface area (Å²) in [5, 5.41) is 4.18. The monoisotopic (exact) mass is 334 g/mol. The van der Waals surface area contributed by atoms with Gasteiger partial charge in [-0.25, -0.2) is 8.78 Å². The van der Waals surface area contributed by atoms with Crippen LogP contribution in [0.5, 0.6) is 0 Å². The van der Waals surface area contributed by atoms with Crippen molar-refractivity contribution in [3.63, 3.8) is 0 Å². The number of rotatable bonds is 1. The Labute approximate surface area is 105 Å². The first kappa shape index (κ1) is 11.5. The maximum absolute atomic E-state index is 13.6. The van der Waals surface area contributed by atoms with Gasteiger partial charge < -0.3 is 0 Å². The Morgan fingerprint density at radius 3 is 2.56 bits per heavy atom. The van der Waals surface area contributed by atoms with Crippen LogP contribution in [0, 0.1) is 22.1 Å². The number of halogens is 3. The van der Waals surface area contributed by atoms with E-state index in [9.17, 15) is 8.78 Å². The highest BCUT2D eigenvalue weighted by molar-refractivity contribution is 14.1. The van der Waals surface area contributed by atoms with Gasteiger partial charge in [-0.3, -0.25) is 4.68 Å². The van der Waals surface area contributed by atoms with Crippen molar-refractivity contribution in [2.24, 2.45) is 7.05 Å². The molecule has 0 fully saturated rings. The van der Waals surface area contributed by atoms with Crippen molar-refractivity contribution in [3.05, 3.63) is 39.1 Å². The average molecular weight is 334 g/mol. The molecule has 2 rings (SSSR count). The van der Waals surface area contributed by atoms with E-state index in [0.717, 1.165) is 21.4 Å². The molecule has 0 saturated carbocycles. The molecule has 0 bridgehead atoms. The van der Waals surface area contributed by atoms with Crippen molar-refractivity contribution in [1.29, 1.82) is 0 Å². The maximum Gasteiger partial charge on any atom is 0.132 e. The molecule has 0 atom stereocenters. The van der Waals surface area contributed by atoms with Crippen LogP contribution in [-0.2, 0) is 7.05 Å². The molecule has 0 saturated heterocycles. The highest BCUT2D eigenvalue weighted by Crippen LogP contribution is 2.29. The van der Waals surface area contributed by atoms with Crippen molar-refractivity contribution in [1.82, 2.24) is 9.78 Å². The number of aryl methyl sites for hydroxylation is 2. The van der Waals surface area contributed by atoms with Crippen LogP contribution in [0.25, 0.3) is 11.3 Å². The quantitative estimate of drug-likeness (QED) is 0.732. The predicted octanol–water partition coefficient (Wildman–Crippen LogP) is 3.28. The molecule has 0 radical (unpaired) electrons. The molecular weight excluding hydrogens is 325 g/mol. The average Bonchev–Trinajstić information content (AvgIpc) is 2.46. The van der Waals surface area contributed by atoms with E-state index < -0.39 is 11.6 Å². The summed E-state index contributed by atoms with van der Waals surface area (Å²) in [6.45, 7) is 1.84. The first-order valence-electron chi connectivity index (χ1n) is 4.65. The Morgan fingerprint density at radius 1 is 1.31 bits per heavy atom. The molecule has 0 N–H and O–H groups in total. The molecule has 2 aromatic rings. The fourth-order valence-corrected chi connectivity index (χ4v) is 2.35. The summed E-state index contributed by atoms with van der Waals surface area (Å²) in [4.78, 5) is 0. The molecule has 0 aliphatic carbocycles. The second kappa shape index (κ2) is 4.12. The third kappa shape index (κ3) is 1.83. The fourth-order valence-electron chi connectivity index (χ4n) is 1.60. The van der Waals surface area contributed by atoms with Crippen molar-refractivity contribution in [3.8, 4) is 11.3 Å². The van der Waals surface area contributed by atoms with E-state index in [4.69, 9.17) is 0 Å². The molecule has 1 aromatic carbocycles. The first-order valence-corrected chi connectivity index (χ1v) is 5.73. The molecule has 0 amide bonds. The van der Waals surface area contributed by atoms with Gasteiger partial charge in [-0.1, -0.05) is 0 Å². The lowest BCUT2D eigenvalue weighted by Crippen LogP contribution is -1.97. The Balaban J connectivity index is 2.71. The number of hydrogen-bond donors (Lipinski definition) is 0. The maximum atomic E-state index is 13.6. The number of nitrogens with zero attached hydrogens (tertiary/aromatic N) is 2. The van der Waals surface area contributed by atoms with Gasteiger partial charge in [0.2, 0.25) is 0 Å².